The van der Waals surface area contributed by atoms with Crippen molar-refractivity contribution in [2.24, 2.45) is 11.8 Å². The maximum Gasteiger partial charge on any atom is 0.237 e. The van der Waals surface area contributed by atoms with Crippen molar-refractivity contribution < 1.29 is 9.53 Å². The van der Waals surface area contributed by atoms with Gasteiger partial charge >= 0.3 is 0 Å². The van der Waals surface area contributed by atoms with Crippen molar-refractivity contribution in [2.45, 2.75) is 32.6 Å². The molecule has 0 spiro atoms. The topological polar surface area (TPSA) is 64.3 Å². The third-order valence-electron chi connectivity index (χ3n) is 3.94. The van der Waals surface area contributed by atoms with Crippen molar-refractivity contribution in [2.75, 3.05) is 7.11 Å². The Bertz CT molecular complexity index is 523. The summed E-state index contributed by atoms with van der Waals surface area (Å²) in [5, 5.41) is 0. The largest absolute Gasteiger partial charge is 0.496 e. The van der Waals surface area contributed by atoms with Crippen LogP contribution in [0.2, 0.25) is 0 Å². The number of carbonyl (C=O) groups is 1. The Balaban J connectivity index is 2.24. The van der Waals surface area contributed by atoms with Gasteiger partial charge in [-0.1, -0.05) is 19.1 Å². The highest BCUT2D eigenvalue weighted by Gasteiger charge is 2.22. The van der Waals surface area contributed by atoms with Gasteiger partial charge in [-0.05, 0) is 49.0 Å². The molecule has 1 atom stereocenters. The Labute approximate surface area is 120 Å². The molecule has 3 N–H and O–H groups in total. The van der Waals surface area contributed by atoms with Crippen molar-refractivity contribution in [1.82, 2.24) is 5.43 Å². The number of hydrogen-bond acceptors (Lipinski definition) is 3. The minimum Gasteiger partial charge on any atom is -0.496 e. The van der Waals surface area contributed by atoms with Gasteiger partial charge in [0, 0.05) is 11.5 Å². The summed E-state index contributed by atoms with van der Waals surface area (Å²) < 4.78 is 5.45. The van der Waals surface area contributed by atoms with E-state index >= 15 is 0 Å². The van der Waals surface area contributed by atoms with Crippen LogP contribution in [0, 0.1) is 5.92 Å². The normalized spacial score (nSPS) is 18.4. The van der Waals surface area contributed by atoms with Gasteiger partial charge in [0.25, 0.3) is 0 Å². The molecule has 1 aliphatic carbocycles. The molecule has 4 nitrogen and oxygen atoms in total. The van der Waals surface area contributed by atoms with E-state index in [2.05, 4.69) is 30.6 Å². The summed E-state index contributed by atoms with van der Waals surface area (Å²) in [5.74, 6) is 6.01. The molecule has 1 amide bonds. The third-order valence-corrected chi connectivity index (χ3v) is 3.94. The Morgan fingerprint density at radius 3 is 2.85 bits per heavy atom. The minimum atomic E-state index is -0.0745. The molecule has 0 radical (unpaired) electrons. The first-order chi connectivity index (χ1) is 9.69. The van der Waals surface area contributed by atoms with Crippen LogP contribution < -0.4 is 16.0 Å². The van der Waals surface area contributed by atoms with Crippen LogP contribution in [0.15, 0.2) is 24.3 Å². The van der Waals surface area contributed by atoms with E-state index in [9.17, 15) is 4.79 Å². The van der Waals surface area contributed by atoms with Crippen LogP contribution in [0.1, 0.15) is 37.3 Å². The second-order valence-corrected chi connectivity index (χ2v) is 5.10. The van der Waals surface area contributed by atoms with Gasteiger partial charge in [0.1, 0.15) is 5.75 Å². The zero-order chi connectivity index (χ0) is 14.5. The summed E-state index contributed by atoms with van der Waals surface area (Å²) in [6.45, 7) is 2.14. The molecule has 20 heavy (non-hydrogen) atoms. The van der Waals surface area contributed by atoms with Crippen LogP contribution in [0.25, 0.3) is 5.57 Å². The molecule has 1 aliphatic rings. The zero-order valence-electron chi connectivity index (χ0n) is 12.1. The molecule has 1 aromatic carbocycles. The van der Waals surface area contributed by atoms with Crippen LogP contribution in [-0.4, -0.2) is 13.0 Å². The van der Waals surface area contributed by atoms with Crippen LogP contribution >= 0.6 is 0 Å². The maximum atomic E-state index is 11.5. The van der Waals surface area contributed by atoms with E-state index in [1.54, 1.807) is 7.11 Å². The number of methoxy groups -OCH3 is 1. The molecule has 2 rings (SSSR count). The number of hydrogen-bond donors (Lipinski definition) is 2. The van der Waals surface area contributed by atoms with Crippen LogP contribution in [-0.2, 0) is 11.2 Å². The van der Waals surface area contributed by atoms with E-state index < -0.39 is 0 Å². The third kappa shape index (κ3) is 3.02. The van der Waals surface area contributed by atoms with Gasteiger partial charge in [-0.3, -0.25) is 10.2 Å². The first-order valence-corrected chi connectivity index (χ1v) is 7.06. The fourth-order valence-electron chi connectivity index (χ4n) is 2.66. The Hall–Kier alpha value is -1.81. The molecular weight excluding hydrogens is 252 g/mol. The van der Waals surface area contributed by atoms with E-state index in [0.717, 1.165) is 37.0 Å². The van der Waals surface area contributed by atoms with E-state index in [-0.39, 0.29) is 11.8 Å². The van der Waals surface area contributed by atoms with Crippen LogP contribution in [0.5, 0.6) is 5.75 Å². The summed E-state index contributed by atoms with van der Waals surface area (Å²) in [4.78, 5) is 11.5. The molecule has 108 valence electrons. The van der Waals surface area contributed by atoms with Gasteiger partial charge in [0.2, 0.25) is 5.91 Å². The number of aryl methyl sites for hydroxylation is 1. The van der Waals surface area contributed by atoms with E-state index in [0.29, 0.717) is 0 Å². The second kappa shape index (κ2) is 6.57. The highest BCUT2D eigenvalue weighted by Crippen LogP contribution is 2.35. The van der Waals surface area contributed by atoms with Gasteiger partial charge in [0.05, 0.1) is 7.11 Å². The van der Waals surface area contributed by atoms with E-state index in [4.69, 9.17) is 10.6 Å². The van der Waals surface area contributed by atoms with Gasteiger partial charge in [0.15, 0.2) is 0 Å². The summed E-state index contributed by atoms with van der Waals surface area (Å²) in [6.07, 6.45) is 5.58. The number of nitrogens with one attached hydrogen (secondary N) is 1. The van der Waals surface area contributed by atoms with Crippen molar-refractivity contribution >= 4 is 11.5 Å². The Morgan fingerprint density at radius 1 is 1.50 bits per heavy atom. The number of rotatable bonds is 4. The molecule has 0 saturated heterocycles. The molecule has 1 aromatic rings. The SMILES string of the molecule is CCc1ccc(OC)c(C2=CCC(C(=O)NN)CC2)c1. The van der Waals surface area contributed by atoms with Gasteiger partial charge < -0.3 is 4.74 Å². The highest BCUT2D eigenvalue weighted by atomic mass is 16.5. The molecule has 0 bridgehead atoms. The lowest BCUT2D eigenvalue weighted by Gasteiger charge is -2.22. The smallest absolute Gasteiger partial charge is 0.237 e. The summed E-state index contributed by atoms with van der Waals surface area (Å²) in [7, 11) is 1.69. The molecule has 0 aromatic heterocycles. The summed E-state index contributed by atoms with van der Waals surface area (Å²) in [5.41, 5.74) is 5.95. The first-order valence-electron chi connectivity index (χ1n) is 7.06. The van der Waals surface area contributed by atoms with E-state index in [1.165, 1.54) is 11.1 Å². The van der Waals surface area contributed by atoms with Gasteiger partial charge in [-0.2, -0.15) is 0 Å². The summed E-state index contributed by atoms with van der Waals surface area (Å²) in [6, 6.07) is 6.30. The minimum absolute atomic E-state index is 0.0101. The molecule has 0 fully saturated rings. The average Bonchev–Trinajstić information content (AvgIpc) is 2.53. The average molecular weight is 274 g/mol. The number of nitrogens with two attached hydrogens (primary N) is 1. The number of hydrazine groups is 1. The van der Waals surface area contributed by atoms with Crippen molar-refractivity contribution in [3.63, 3.8) is 0 Å². The summed E-state index contributed by atoms with van der Waals surface area (Å²) >= 11 is 0. The number of ether oxygens (including phenoxy) is 1. The number of allylic oxidation sites excluding steroid dienone is 2. The fraction of sp³-hybridized carbons (Fsp3) is 0.438. The van der Waals surface area contributed by atoms with Crippen molar-refractivity contribution in [3.8, 4) is 5.75 Å². The first kappa shape index (κ1) is 14.6. The quantitative estimate of drug-likeness (QED) is 0.503. The zero-order valence-corrected chi connectivity index (χ0v) is 12.1. The molecule has 0 saturated carbocycles. The van der Waals surface area contributed by atoms with Gasteiger partial charge in [-0.25, -0.2) is 5.84 Å². The molecule has 0 heterocycles. The standard InChI is InChI=1S/C16H22N2O2/c1-3-11-4-9-15(20-2)14(10-11)12-5-7-13(8-6-12)16(19)18-17/h4-5,9-10,13H,3,6-8,17H2,1-2H3,(H,18,19). The monoisotopic (exact) mass is 274 g/mol. The lowest BCUT2D eigenvalue weighted by molar-refractivity contribution is -0.125. The predicted octanol–water partition coefficient (Wildman–Crippen LogP) is 2.43. The van der Waals surface area contributed by atoms with Crippen molar-refractivity contribution in [3.05, 3.63) is 35.4 Å². The Kier molecular flexibility index (Phi) is 4.79. The number of amides is 1. The lowest BCUT2D eigenvalue weighted by Crippen LogP contribution is -2.36. The van der Waals surface area contributed by atoms with Crippen LogP contribution in [0.4, 0.5) is 0 Å². The second-order valence-electron chi connectivity index (χ2n) is 5.10. The number of benzene rings is 1. The highest BCUT2D eigenvalue weighted by molar-refractivity contribution is 5.80. The lowest BCUT2D eigenvalue weighted by atomic mass is 9.85. The van der Waals surface area contributed by atoms with E-state index in [1.807, 2.05) is 6.07 Å². The number of carbonyl (C=O) groups excluding carboxylic acids is 1. The molecular formula is C16H22N2O2. The molecule has 1 unspecified atom stereocenters. The van der Waals surface area contributed by atoms with Crippen LogP contribution in [0.3, 0.4) is 0 Å². The maximum absolute atomic E-state index is 11.5. The van der Waals surface area contributed by atoms with Gasteiger partial charge in [-0.15, -0.1) is 0 Å². The Morgan fingerprint density at radius 2 is 2.30 bits per heavy atom. The fourth-order valence-corrected chi connectivity index (χ4v) is 2.66. The molecule has 0 aliphatic heterocycles. The predicted molar refractivity (Wildman–Crippen MR) is 80.0 cm³/mol. The van der Waals surface area contributed by atoms with Crippen molar-refractivity contribution in [1.29, 1.82) is 0 Å². The molecule has 4 heteroatoms.